The van der Waals surface area contributed by atoms with Gasteiger partial charge in [-0.3, -0.25) is 10.1 Å². The molecular weight excluding hydrogens is 450 g/mol. The SMILES string of the molecule is CC(C)(C)c1ccc(S(=O)(=O)N2CCSC2C(=O)NCc2cccc(NC(=O)O)c2)cc1. The van der Waals surface area contributed by atoms with Crippen molar-refractivity contribution in [1.82, 2.24) is 9.62 Å². The summed E-state index contributed by atoms with van der Waals surface area (Å²) in [5.74, 6) is 0.120. The standard InChI is InChI=1S/C22H27N3O5S2/c1-22(2,3)16-7-9-18(10-8-16)32(29,30)25-11-12-31-20(25)19(26)23-14-15-5-4-6-17(13-15)24-21(27)28/h4-10,13,20,24H,11-12,14H2,1-3H3,(H,23,26)(H,27,28). The number of sulfonamides is 1. The molecule has 2 aromatic rings. The zero-order valence-corrected chi connectivity index (χ0v) is 19.8. The van der Waals surface area contributed by atoms with Crippen LogP contribution in [0.25, 0.3) is 0 Å². The summed E-state index contributed by atoms with van der Waals surface area (Å²) in [7, 11) is -3.82. The van der Waals surface area contributed by atoms with Crippen LogP contribution >= 0.6 is 11.8 Å². The van der Waals surface area contributed by atoms with Gasteiger partial charge in [-0.05, 0) is 40.8 Å². The highest BCUT2D eigenvalue weighted by atomic mass is 32.2. The molecule has 1 atom stereocenters. The van der Waals surface area contributed by atoms with Crippen LogP contribution in [0.15, 0.2) is 53.4 Å². The van der Waals surface area contributed by atoms with E-state index >= 15 is 0 Å². The highest BCUT2D eigenvalue weighted by Gasteiger charge is 2.40. The van der Waals surface area contributed by atoms with Crippen LogP contribution in [-0.4, -0.2) is 47.5 Å². The van der Waals surface area contributed by atoms with E-state index in [2.05, 4.69) is 31.4 Å². The van der Waals surface area contributed by atoms with Gasteiger partial charge in [-0.1, -0.05) is 45.0 Å². The number of hydrogen-bond donors (Lipinski definition) is 3. The Bertz CT molecular complexity index is 1100. The number of hydrogen-bond acceptors (Lipinski definition) is 5. The molecule has 10 heteroatoms. The molecule has 1 fully saturated rings. The van der Waals surface area contributed by atoms with Crippen molar-refractivity contribution < 1.29 is 23.1 Å². The lowest BCUT2D eigenvalue weighted by Crippen LogP contribution is -2.44. The summed E-state index contributed by atoms with van der Waals surface area (Å²) >= 11 is 1.28. The molecule has 2 aromatic carbocycles. The second kappa shape index (κ2) is 9.51. The molecule has 3 N–H and O–H groups in total. The molecule has 8 nitrogen and oxygen atoms in total. The van der Waals surface area contributed by atoms with Crippen molar-refractivity contribution in [2.75, 3.05) is 17.6 Å². The summed E-state index contributed by atoms with van der Waals surface area (Å²) in [6.07, 6.45) is -1.18. The molecule has 0 radical (unpaired) electrons. The molecule has 1 unspecified atom stereocenters. The smallest absolute Gasteiger partial charge is 0.409 e. The molecule has 0 aromatic heterocycles. The maximum atomic E-state index is 13.2. The third kappa shape index (κ3) is 5.62. The van der Waals surface area contributed by atoms with Crippen molar-refractivity contribution in [2.24, 2.45) is 0 Å². The summed E-state index contributed by atoms with van der Waals surface area (Å²) < 4.78 is 27.6. The Morgan fingerprint density at radius 2 is 1.84 bits per heavy atom. The zero-order valence-electron chi connectivity index (χ0n) is 18.2. The number of benzene rings is 2. The number of carbonyl (C=O) groups excluding carboxylic acids is 1. The van der Waals surface area contributed by atoms with Crippen molar-refractivity contribution in [2.45, 2.75) is 43.0 Å². The molecule has 1 aliphatic heterocycles. The lowest BCUT2D eigenvalue weighted by atomic mass is 9.87. The van der Waals surface area contributed by atoms with Gasteiger partial charge in [-0.2, -0.15) is 4.31 Å². The molecular formula is C22H27N3O5S2. The number of nitrogens with zero attached hydrogens (tertiary/aromatic N) is 1. The minimum Gasteiger partial charge on any atom is -0.465 e. The predicted molar refractivity (Wildman–Crippen MR) is 125 cm³/mol. The van der Waals surface area contributed by atoms with E-state index in [1.54, 1.807) is 36.4 Å². The van der Waals surface area contributed by atoms with E-state index in [9.17, 15) is 18.0 Å². The first-order chi connectivity index (χ1) is 15.0. The molecule has 0 aliphatic carbocycles. The van der Waals surface area contributed by atoms with Gasteiger partial charge in [-0.25, -0.2) is 13.2 Å². The minimum atomic E-state index is -3.82. The Morgan fingerprint density at radius 1 is 1.16 bits per heavy atom. The topological polar surface area (TPSA) is 116 Å². The fourth-order valence-electron chi connectivity index (χ4n) is 3.33. The first kappa shape index (κ1) is 24.1. The van der Waals surface area contributed by atoms with Gasteiger partial charge in [0.2, 0.25) is 15.9 Å². The van der Waals surface area contributed by atoms with Gasteiger partial charge in [0.15, 0.2) is 0 Å². The Hall–Kier alpha value is -2.56. The molecule has 0 saturated carbocycles. The van der Waals surface area contributed by atoms with Crippen molar-refractivity contribution in [1.29, 1.82) is 0 Å². The molecule has 3 rings (SSSR count). The number of carbonyl (C=O) groups is 2. The second-order valence-corrected chi connectivity index (χ2v) is 11.5. The third-order valence-electron chi connectivity index (χ3n) is 5.05. The van der Waals surface area contributed by atoms with E-state index in [4.69, 9.17) is 5.11 Å². The fraction of sp³-hybridized carbons (Fsp3) is 0.364. The van der Waals surface area contributed by atoms with Gasteiger partial charge in [0.25, 0.3) is 0 Å². The zero-order chi connectivity index (χ0) is 23.5. The second-order valence-electron chi connectivity index (χ2n) is 8.46. The van der Waals surface area contributed by atoms with E-state index in [0.29, 0.717) is 17.0 Å². The largest absolute Gasteiger partial charge is 0.465 e. The molecule has 1 aliphatic rings. The van der Waals surface area contributed by atoms with E-state index in [1.807, 2.05) is 12.1 Å². The van der Waals surface area contributed by atoms with E-state index in [1.165, 1.54) is 16.1 Å². The Labute approximate surface area is 192 Å². The summed E-state index contributed by atoms with van der Waals surface area (Å²) in [5, 5.41) is 13.0. The van der Waals surface area contributed by atoms with Crippen LogP contribution in [0.4, 0.5) is 10.5 Å². The van der Waals surface area contributed by atoms with Gasteiger partial charge in [0, 0.05) is 24.5 Å². The van der Waals surface area contributed by atoms with E-state index in [0.717, 1.165) is 5.56 Å². The predicted octanol–water partition coefficient (Wildman–Crippen LogP) is 3.45. The first-order valence-electron chi connectivity index (χ1n) is 10.1. The average molecular weight is 478 g/mol. The maximum Gasteiger partial charge on any atom is 0.409 e. The minimum absolute atomic E-state index is 0.0918. The monoisotopic (exact) mass is 477 g/mol. The number of carboxylic acid groups (broad SMARTS) is 1. The number of anilines is 1. The van der Waals surface area contributed by atoms with Crippen molar-refractivity contribution >= 4 is 39.5 Å². The van der Waals surface area contributed by atoms with Crippen molar-refractivity contribution in [3.05, 3.63) is 59.7 Å². The van der Waals surface area contributed by atoms with Gasteiger partial charge in [0.1, 0.15) is 5.37 Å². The normalized spacial score (nSPS) is 17.2. The van der Waals surface area contributed by atoms with Crippen LogP contribution in [0.2, 0.25) is 0 Å². The molecule has 1 saturated heterocycles. The fourth-order valence-corrected chi connectivity index (χ4v) is 6.43. The molecule has 172 valence electrons. The highest BCUT2D eigenvalue weighted by molar-refractivity contribution is 8.02. The molecule has 2 amide bonds. The number of rotatable bonds is 6. The average Bonchev–Trinajstić information content (AvgIpc) is 3.22. The first-order valence-corrected chi connectivity index (χ1v) is 12.6. The van der Waals surface area contributed by atoms with Gasteiger partial charge in [0.05, 0.1) is 4.90 Å². The molecule has 0 bridgehead atoms. The maximum absolute atomic E-state index is 13.2. The number of nitrogens with one attached hydrogen (secondary N) is 2. The van der Waals surface area contributed by atoms with Crippen LogP contribution in [0.1, 0.15) is 31.9 Å². The van der Waals surface area contributed by atoms with Gasteiger partial charge in [-0.15, -0.1) is 11.8 Å². The van der Waals surface area contributed by atoms with Crippen LogP contribution in [0.3, 0.4) is 0 Å². The third-order valence-corrected chi connectivity index (χ3v) is 8.26. The number of thioether (sulfide) groups is 1. The van der Waals surface area contributed by atoms with Gasteiger partial charge >= 0.3 is 6.09 Å². The van der Waals surface area contributed by atoms with Crippen molar-refractivity contribution in [3.8, 4) is 0 Å². The Kier molecular flexibility index (Phi) is 7.16. The number of amides is 2. The molecule has 32 heavy (non-hydrogen) atoms. The summed E-state index contributed by atoms with van der Waals surface area (Å²) in [5.41, 5.74) is 2.02. The molecule has 0 spiro atoms. The van der Waals surface area contributed by atoms with Crippen LogP contribution in [0.5, 0.6) is 0 Å². The summed E-state index contributed by atoms with van der Waals surface area (Å²) in [6, 6.07) is 13.4. The Balaban J connectivity index is 1.70. The van der Waals surface area contributed by atoms with Crippen LogP contribution in [-0.2, 0) is 26.8 Å². The summed E-state index contributed by atoms with van der Waals surface area (Å²) in [4.78, 5) is 23.8. The van der Waals surface area contributed by atoms with Gasteiger partial charge < -0.3 is 10.4 Å². The van der Waals surface area contributed by atoms with Crippen molar-refractivity contribution in [3.63, 3.8) is 0 Å². The Morgan fingerprint density at radius 3 is 2.47 bits per heavy atom. The van der Waals surface area contributed by atoms with Crippen LogP contribution < -0.4 is 10.6 Å². The van der Waals surface area contributed by atoms with E-state index < -0.39 is 27.4 Å². The lowest BCUT2D eigenvalue weighted by molar-refractivity contribution is -0.122. The van der Waals surface area contributed by atoms with Crippen LogP contribution in [0, 0.1) is 0 Å². The lowest BCUT2D eigenvalue weighted by Gasteiger charge is -2.24. The highest BCUT2D eigenvalue weighted by Crippen LogP contribution is 2.31. The summed E-state index contributed by atoms with van der Waals surface area (Å²) in [6.45, 7) is 6.58. The molecule has 1 heterocycles. The van der Waals surface area contributed by atoms with E-state index in [-0.39, 0.29) is 23.4 Å². The quantitative estimate of drug-likeness (QED) is 0.587.